The molecule has 2 aromatic rings. The van der Waals surface area contributed by atoms with E-state index in [1.165, 1.54) is 31.4 Å². The second kappa shape index (κ2) is 5.06. The molecule has 0 spiro atoms. The predicted molar refractivity (Wildman–Crippen MR) is 67.5 cm³/mol. The number of esters is 1. The number of methoxy groups -OCH3 is 1. The van der Waals surface area contributed by atoms with Gasteiger partial charge in [0.15, 0.2) is 0 Å². The quantitative estimate of drug-likeness (QED) is 0.669. The van der Waals surface area contributed by atoms with Crippen molar-refractivity contribution in [2.24, 2.45) is 0 Å². The van der Waals surface area contributed by atoms with E-state index in [2.05, 4.69) is 4.74 Å². The number of rotatable bonds is 2. The maximum atomic E-state index is 13.1. The van der Waals surface area contributed by atoms with E-state index in [1.807, 2.05) is 0 Å². The van der Waals surface area contributed by atoms with Crippen molar-refractivity contribution in [2.45, 2.75) is 0 Å². The van der Waals surface area contributed by atoms with Crippen molar-refractivity contribution in [3.63, 3.8) is 0 Å². The molecule has 0 aliphatic heterocycles. The zero-order chi connectivity index (χ0) is 14.0. The molecule has 0 fully saturated rings. The molecule has 0 heterocycles. The van der Waals surface area contributed by atoms with Crippen LogP contribution in [-0.4, -0.2) is 13.1 Å². The van der Waals surface area contributed by atoms with Crippen LogP contribution in [0.4, 0.5) is 14.5 Å². The molecule has 2 rings (SSSR count). The molecule has 0 bridgehead atoms. The fraction of sp³-hybridized carbons (Fsp3) is 0.0714. The Morgan fingerprint density at radius 1 is 1.05 bits per heavy atom. The van der Waals surface area contributed by atoms with E-state index in [0.29, 0.717) is 11.1 Å². The van der Waals surface area contributed by atoms with Gasteiger partial charge in [0.2, 0.25) is 0 Å². The Morgan fingerprint density at radius 3 is 2.21 bits per heavy atom. The molecule has 0 radical (unpaired) electrons. The Morgan fingerprint density at radius 2 is 1.68 bits per heavy atom. The molecule has 2 aromatic carbocycles. The normalized spacial score (nSPS) is 10.3. The number of hydrogen-bond donors (Lipinski definition) is 1. The van der Waals surface area contributed by atoms with Crippen LogP contribution in [0.15, 0.2) is 36.4 Å². The zero-order valence-electron chi connectivity index (χ0n) is 10.1. The summed E-state index contributed by atoms with van der Waals surface area (Å²) < 4.78 is 30.8. The Hall–Kier alpha value is -2.43. The minimum absolute atomic E-state index is 0.189. The van der Waals surface area contributed by atoms with Crippen LogP contribution in [0, 0.1) is 11.6 Å². The summed E-state index contributed by atoms with van der Waals surface area (Å²) in [5.41, 5.74) is 6.99. The summed E-state index contributed by atoms with van der Waals surface area (Å²) in [6.07, 6.45) is 0. The van der Waals surface area contributed by atoms with Crippen molar-refractivity contribution in [1.82, 2.24) is 0 Å². The van der Waals surface area contributed by atoms with Gasteiger partial charge in [0, 0.05) is 11.8 Å². The summed E-state index contributed by atoms with van der Waals surface area (Å²) in [5.74, 6) is -1.91. The zero-order valence-corrected chi connectivity index (χ0v) is 10.1. The fourth-order valence-corrected chi connectivity index (χ4v) is 1.76. The number of anilines is 1. The van der Waals surface area contributed by atoms with Gasteiger partial charge < -0.3 is 10.5 Å². The lowest BCUT2D eigenvalue weighted by molar-refractivity contribution is 0.0602. The molecule has 98 valence electrons. The molecule has 0 aliphatic rings. The third-order valence-electron chi connectivity index (χ3n) is 2.65. The number of nitrogens with two attached hydrogens (primary N) is 1. The lowest BCUT2D eigenvalue weighted by Crippen LogP contribution is -2.05. The smallest absolute Gasteiger partial charge is 0.339 e. The summed E-state index contributed by atoms with van der Waals surface area (Å²) in [7, 11) is 1.25. The summed E-state index contributed by atoms with van der Waals surface area (Å²) in [4.78, 5) is 11.4. The third-order valence-corrected chi connectivity index (χ3v) is 2.65. The van der Waals surface area contributed by atoms with E-state index < -0.39 is 17.6 Å². The van der Waals surface area contributed by atoms with Crippen molar-refractivity contribution in [3.8, 4) is 11.1 Å². The summed E-state index contributed by atoms with van der Waals surface area (Å²) >= 11 is 0. The first-order valence-electron chi connectivity index (χ1n) is 5.45. The van der Waals surface area contributed by atoms with Gasteiger partial charge in [-0.05, 0) is 35.4 Å². The lowest BCUT2D eigenvalue weighted by Gasteiger charge is -2.07. The van der Waals surface area contributed by atoms with Gasteiger partial charge in [-0.25, -0.2) is 13.6 Å². The van der Waals surface area contributed by atoms with Crippen molar-refractivity contribution in [2.75, 3.05) is 12.8 Å². The van der Waals surface area contributed by atoms with Crippen LogP contribution in [0.2, 0.25) is 0 Å². The molecule has 0 aliphatic carbocycles. The number of halogens is 2. The van der Waals surface area contributed by atoms with E-state index in [4.69, 9.17) is 5.73 Å². The molecule has 0 saturated carbocycles. The van der Waals surface area contributed by atoms with Gasteiger partial charge in [-0.2, -0.15) is 0 Å². The van der Waals surface area contributed by atoms with Crippen LogP contribution in [0.25, 0.3) is 11.1 Å². The maximum Gasteiger partial charge on any atom is 0.339 e. The highest BCUT2D eigenvalue weighted by Gasteiger charge is 2.11. The van der Waals surface area contributed by atoms with Gasteiger partial charge in [0.25, 0.3) is 0 Å². The highest BCUT2D eigenvalue weighted by atomic mass is 19.1. The van der Waals surface area contributed by atoms with Crippen molar-refractivity contribution in [3.05, 3.63) is 53.6 Å². The molecule has 19 heavy (non-hydrogen) atoms. The van der Waals surface area contributed by atoms with E-state index >= 15 is 0 Å². The van der Waals surface area contributed by atoms with Crippen LogP contribution in [-0.2, 0) is 4.74 Å². The topological polar surface area (TPSA) is 52.3 Å². The lowest BCUT2D eigenvalue weighted by atomic mass is 10.0. The number of hydrogen-bond acceptors (Lipinski definition) is 3. The molecular weight excluding hydrogens is 252 g/mol. The third kappa shape index (κ3) is 2.70. The number of ether oxygens (including phenoxy) is 1. The van der Waals surface area contributed by atoms with Crippen molar-refractivity contribution in [1.29, 1.82) is 0 Å². The van der Waals surface area contributed by atoms with Gasteiger partial charge in [-0.15, -0.1) is 0 Å². The second-order valence-corrected chi connectivity index (χ2v) is 3.95. The van der Waals surface area contributed by atoms with E-state index in [1.54, 1.807) is 6.07 Å². The van der Waals surface area contributed by atoms with Crippen molar-refractivity contribution < 1.29 is 18.3 Å². The summed E-state index contributed by atoms with van der Waals surface area (Å²) in [6, 6.07) is 7.65. The largest absolute Gasteiger partial charge is 0.465 e. The second-order valence-electron chi connectivity index (χ2n) is 3.95. The van der Waals surface area contributed by atoms with Crippen LogP contribution in [0.3, 0.4) is 0 Å². The van der Waals surface area contributed by atoms with Gasteiger partial charge in [0.1, 0.15) is 11.6 Å². The average molecular weight is 263 g/mol. The molecular formula is C14H11F2NO2. The van der Waals surface area contributed by atoms with Gasteiger partial charge in [-0.3, -0.25) is 0 Å². The van der Waals surface area contributed by atoms with E-state index in [-0.39, 0.29) is 11.3 Å². The molecule has 3 nitrogen and oxygen atoms in total. The molecule has 0 atom stereocenters. The number of carbonyl (C=O) groups is 1. The van der Waals surface area contributed by atoms with E-state index in [0.717, 1.165) is 6.07 Å². The summed E-state index contributed by atoms with van der Waals surface area (Å²) in [6.45, 7) is 0. The van der Waals surface area contributed by atoms with Crippen molar-refractivity contribution >= 4 is 11.7 Å². The monoisotopic (exact) mass is 263 g/mol. The summed E-state index contributed by atoms with van der Waals surface area (Å²) in [5, 5.41) is 0. The Bertz CT molecular complexity index is 621. The minimum atomic E-state index is -0.675. The molecule has 0 saturated heterocycles. The highest BCUT2D eigenvalue weighted by molar-refractivity contribution is 5.96. The maximum absolute atomic E-state index is 13.1. The predicted octanol–water partition coefficient (Wildman–Crippen LogP) is 3.00. The number of benzene rings is 2. The first-order chi connectivity index (χ1) is 9.01. The Labute approximate surface area is 108 Å². The van der Waals surface area contributed by atoms with Gasteiger partial charge in [0.05, 0.1) is 12.7 Å². The fourth-order valence-electron chi connectivity index (χ4n) is 1.76. The molecule has 5 heteroatoms. The van der Waals surface area contributed by atoms with Crippen LogP contribution in [0.1, 0.15) is 10.4 Å². The Kier molecular flexibility index (Phi) is 3.46. The molecule has 0 unspecified atom stereocenters. The van der Waals surface area contributed by atoms with E-state index in [9.17, 15) is 13.6 Å². The number of nitrogen functional groups attached to an aromatic ring is 1. The SMILES string of the molecule is COC(=O)c1ccc(-c2cc(F)cc(F)c2)cc1N. The highest BCUT2D eigenvalue weighted by Crippen LogP contribution is 2.25. The average Bonchev–Trinajstić information content (AvgIpc) is 2.36. The van der Waals surface area contributed by atoms with Crippen LogP contribution in [0.5, 0.6) is 0 Å². The minimum Gasteiger partial charge on any atom is -0.465 e. The molecule has 0 amide bonds. The number of carbonyl (C=O) groups excluding carboxylic acids is 1. The molecule has 0 aromatic heterocycles. The van der Waals surface area contributed by atoms with Crippen LogP contribution < -0.4 is 5.73 Å². The van der Waals surface area contributed by atoms with Crippen LogP contribution >= 0.6 is 0 Å². The first kappa shape index (κ1) is 13.0. The van der Waals surface area contributed by atoms with Gasteiger partial charge in [-0.1, -0.05) is 6.07 Å². The molecule has 2 N–H and O–H groups in total. The first-order valence-corrected chi connectivity index (χ1v) is 5.45. The Balaban J connectivity index is 2.47. The van der Waals surface area contributed by atoms with Gasteiger partial charge >= 0.3 is 5.97 Å². The standard InChI is InChI=1S/C14H11F2NO2/c1-19-14(18)12-3-2-8(6-13(12)17)9-4-10(15)7-11(16)5-9/h2-7H,17H2,1H3.